The number of thiophene rings is 1. The lowest BCUT2D eigenvalue weighted by Gasteiger charge is -2.29. The van der Waals surface area contributed by atoms with Crippen molar-refractivity contribution >= 4 is 34.5 Å². The van der Waals surface area contributed by atoms with Crippen LogP contribution in [0.2, 0.25) is 0 Å². The van der Waals surface area contributed by atoms with Crippen LogP contribution in [0.25, 0.3) is 0 Å². The summed E-state index contributed by atoms with van der Waals surface area (Å²) in [5.41, 5.74) is 2.87. The van der Waals surface area contributed by atoms with Crippen LogP contribution >= 0.6 is 11.3 Å². The largest absolute Gasteiger partial charge is 0.326 e. The van der Waals surface area contributed by atoms with Gasteiger partial charge in [-0.2, -0.15) is 0 Å². The van der Waals surface area contributed by atoms with Gasteiger partial charge in [-0.1, -0.05) is 19.9 Å². The van der Waals surface area contributed by atoms with Gasteiger partial charge in [0.15, 0.2) is 0 Å². The summed E-state index contributed by atoms with van der Waals surface area (Å²) < 4.78 is 0. The molecule has 2 heterocycles. The molecule has 1 aliphatic rings. The quantitative estimate of drug-likeness (QED) is 0.928. The summed E-state index contributed by atoms with van der Waals surface area (Å²) in [6, 6.07) is 9.56. The first-order valence-electron chi connectivity index (χ1n) is 7.85. The lowest BCUT2D eigenvalue weighted by atomic mass is 10.0. The molecule has 0 unspecified atom stereocenters. The maximum atomic E-state index is 12.6. The summed E-state index contributed by atoms with van der Waals surface area (Å²) in [5, 5.41) is 4.84. The zero-order valence-corrected chi connectivity index (χ0v) is 14.2. The molecule has 23 heavy (non-hydrogen) atoms. The minimum Gasteiger partial charge on any atom is -0.326 e. The van der Waals surface area contributed by atoms with Gasteiger partial charge in [0.25, 0.3) is 5.91 Å². The second-order valence-corrected chi connectivity index (χ2v) is 6.97. The average Bonchev–Trinajstić information content (AvgIpc) is 3.07. The van der Waals surface area contributed by atoms with Gasteiger partial charge < -0.3 is 10.2 Å². The van der Waals surface area contributed by atoms with Crippen LogP contribution in [-0.4, -0.2) is 18.4 Å². The van der Waals surface area contributed by atoms with Crippen molar-refractivity contribution in [1.29, 1.82) is 0 Å². The molecule has 1 aromatic carbocycles. The lowest BCUT2D eigenvalue weighted by Crippen LogP contribution is -2.35. The molecule has 2 aromatic rings. The van der Waals surface area contributed by atoms with E-state index in [2.05, 4.69) is 5.32 Å². The Balaban J connectivity index is 1.85. The molecule has 120 valence electrons. The summed E-state index contributed by atoms with van der Waals surface area (Å²) in [4.78, 5) is 27.1. The van der Waals surface area contributed by atoms with E-state index in [0.29, 0.717) is 0 Å². The van der Waals surface area contributed by atoms with Crippen LogP contribution in [0.1, 0.15) is 35.5 Å². The van der Waals surface area contributed by atoms with Crippen LogP contribution in [0.5, 0.6) is 0 Å². The van der Waals surface area contributed by atoms with Crippen molar-refractivity contribution in [2.45, 2.75) is 26.7 Å². The van der Waals surface area contributed by atoms with Gasteiger partial charge in [-0.25, -0.2) is 0 Å². The number of carbonyl (C=O) groups is 2. The number of carbonyl (C=O) groups excluding carboxylic acids is 2. The Morgan fingerprint density at radius 3 is 2.78 bits per heavy atom. The van der Waals surface area contributed by atoms with E-state index in [4.69, 9.17) is 0 Å². The summed E-state index contributed by atoms with van der Waals surface area (Å²) in [6.07, 6.45) is 1.86. The molecular weight excluding hydrogens is 308 g/mol. The molecule has 0 atom stereocenters. The number of rotatable bonds is 3. The molecule has 0 radical (unpaired) electrons. The predicted molar refractivity (Wildman–Crippen MR) is 94.2 cm³/mol. The number of hydrogen-bond acceptors (Lipinski definition) is 3. The number of nitrogens with zero attached hydrogens (tertiary/aromatic N) is 1. The summed E-state index contributed by atoms with van der Waals surface area (Å²) in [6.45, 7) is 4.48. The zero-order chi connectivity index (χ0) is 16.4. The molecule has 2 amide bonds. The molecule has 0 saturated carbocycles. The van der Waals surface area contributed by atoms with Gasteiger partial charge in [0.05, 0.1) is 4.88 Å². The van der Waals surface area contributed by atoms with E-state index < -0.39 is 0 Å². The first kappa shape index (κ1) is 15.7. The van der Waals surface area contributed by atoms with E-state index in [1.807, 2.05) is 54.5 Å². The molecule has 0 spiro atoms. The number of hydrogen-bond donors (Lipinski definition) is 1. The highest BCUT2D eigenvalue weighted by atomic mass is 32.1. The normalized spacial score (nSPS) is 13.8. The van der Waals surface area contributed by atoms with E-state index in [-0.39, 0.29) is 17.7 Å². The highest BCUT2D eigenvalue weighted by molar-refractivity contribution is 7.12. The van der Waals surface area contributed by atoms with Crippen LogP contribution in [0.3, 0.4) is 0 Å². The number of aryl methyl sites for hydroxylation is 1. The van der Waals surface area contributed by atoms with Crippen molar-refractivity contribution in [3.05, 3.63) is 46.2 Å². The third-order valence-corrected chi connectivity index (χ3v) is 4.83. The molecule has 4 nitrogen and oxygen atoms in total. The van der Waals surface area contributed by atoms with Crippen LogP contribution in [0.15, 0.2) is 35.7 Å². The molecule has 1 aromatic heterocycles. The molecule has 0 saturated heterocycles. The third-order valence-electron chi connectivity index (χ3n) is 3.97. The minimum absolute atomic E-state index is 0.00674. The van der Waals surface area contributed by atoms with E-state index >= 15 is 0 Å². The van der Waals surface area contributed by atoms with Crippen molar-refractivity contribution in [1.82, 2.24) is 0 Å². The van der Waals surface area contributed by atoms with Crippen LogP contribution in [0, 0.1) is 5.92 Å². The van der Waals surface area contributed by atoms with Gasteiger partial charge in [-0.15, -0.1) is 11.3 Å². The van der Waals surface area contributed by atoms with Crippen molar-refractivity contribution in [3.8, 4) is 0 Å². The molecule has 3 rings (SSSR count). The Labute approximate surface area is 140 Å². The maximum absolute atomic E-state index is 12.6. The molecule has 0 fully saturated rings. The van der Waals surface area contributed by atoms with Gasteiger partial charge in [0, 0.05) is 23.8 Å². The minimum atomic E-state index is -0.0528. The molecule has 0 aliphatic carbocycles. The van der Waals surface area contributed by atoms with Crippen molar-refractivity contribution in [3.63, 3.8) is 0 Å². The smallest absolute Gasteiger partial charge is 0.268 e. The molecule has 1 aliphatic heterocycles. The Bertz CT molecular complexity index is 723. The van der Waals surface area contributed by atoms with Crippen molar-refractivity contribution in [2.75, 3.05) is 16.8 Å². The van der Waals surface area contributed by atoms with Gasteiger partial charge in [-0.05, 0) is 48.1 Å². The summed E-state index contributed by atoms with van der Waals surface area (Å²) in [7, 11) is 0. The Kier molecular flexibility index (Phi) is 4.48. The number of benzene rings is 1. The first-order chi connectivity index (χ1) is 11.1. The fourth-order valence-corrected chi connectivity index (χ4v) is 3.38. The topological polar surface area (TPSA) is 49.4 Å². The Hall–Kier alpha value is -2.14. The predicted octanol–water partition coefficient (Wildman–Crippen LogP) is 3.94. The van der Waals surface area contributed by atoms with Gasteiger partial charge >= 0.3 is 0 Å². The van der Waals surface area contributed by atoms with E-state index in [1.165, 1.54) is 11.3 Å². The fraction of sp³-hybridized carbons (Fsp3) is 0.333. The van der Waals surface area contributed by atoms with Crippen molar-refractivity contribution in [2.24, 2.45) is 5.92 Å². The highest BCUT2D eigenvalue weighted by Crippen LogP contribution is 2.31. The first-order valence-corrected chi connectivity index (χ1v) is 8.73. The molecular formula is C18H20N2O2S. The summed E-state index contributed by atoms with van der Waals surface area (Å²) in [5.74, 6) is 0.00938. The lowest BCUT2D eigenvalue weighted by molar-refractivity contribution is -0.118. The number of nitrogens with one attached hydrogen (secondary N) is 1. The van der Waals surface area contributed by atoms with Gasteiger partial charge in [-0.3, -0.25) is 9.59 Å². The standard InChI is InChI=1S/C18H20N2O2S/c1-12(2)17(21)19-14-7-8-15-13(11-14)5-3-9-20(15)18(22)16-6-4-10-23-16/h4,6-8,10-12H,3,5,9H2,1-2H3,(H,19,21). The van der Waals surface area contributed by atoms with Crippen LogP contribution < -0.4 is 10.2 Å². The maximum Gasteiger partial charge on any atom is 0.268 e. The third kappa shape index (κ3) is 3.29. The van der Waals surface area contributed by atoms with E-state index in [9.17, 15) is 9.59 Å². The number of anilines is 2. The average molecular weight is 328 g/mol. The molecule has 5 heteroatoms. The van der Waals surface area contributed by atoms with E-state index in [1.54, 1.807) is 0 Å². The Morgan fingerprint density at radius 1 is 1.26 bits per heavy atom. The van der Waals surface area contributed by atoms with Gasteiger partial charge in [0.1, 0.15) is 0 Å². The number of fused-ring (bicyclic) bond motifs is 1. The number of amides is 2. The van der Waals surface area contributed by atoms with Crippen molar-refractivity contribution < 1.29 is 9.59 Å². The second kappa shape index (κ2) is 6.54. The Morgan fingerprint density at radius 2 is 2.09 bits per heavy atom. The van der Waals surface area contributed by atoms with Crippen LogP contribution in [-0.2, 0) is 11.2 Å². The highest BCUT2D eigenvalue weighted by Gasteiger charge is 2.24. The summed E-state index contributed by atoms with van der Waals surface area (Å²) >= 11 is 1.47. The monoisotopic (exact) mass is 328 g/mol. The molecule has 0 bridgehead atoms. The SMILES string of the molecule is CC(C)C(=O)Nc1ccc2c(c1)CCCN2C(=O)c1cccs1. The van der Waals surface area contributed by atoms with Crippen LogP contribution in [0.4, 0.5) is 11.4 Å². The van der Waals surface area contributed by atoms with Gasteiger partial charge in [0.2, 0.25) is 5.91 Å². The molecule has 1 N–H and O–H groups in total. The van der Waals surface area contributed by atoms with E-state index in [0.717, 1.165) is 41.2 Å². The zero-order valence-electron chi connectivity index (χ0n) is 13.3. The fourth-order valence-electron chi connectivity index (χ4n) is 2.71. The second-order valence-electron chi connectivity index (χ2n) is 6.03.